The first-order chi connectivity index (χ1) is 7.04. The molecule has 1 N–H and O–H groups in total. The highest BCUT2D eigenvalue weighted by Gasteiger charge is 2.09. The second kappa shape index (κ2) is 4.54. The molecular formula is C10H8F2O3. The summed E-state index contributed by atoms with van der Waals surface area (Å²) in [6.45, 7) is 0. The van der Waals surface area contributed by atoms with Crippen molar-refractivity contribution in [1.29, 1.82) is 0 Å². The van der Waals surface area contributed by atoms with Gasteiger partial charge in [0.2, 0.25) is 0 Å². The van der Waals surface area contributed by atoms with E-state index in [1.807, 2.05) is 0 Å². The average molecular weight is 214 g/mol. The summed E-state index contributed by atoms with van der Waals surface area (Å²) in [5.41, 5.74) is -0.404. The number of ether oxygens (including phenoxy) is 1. The summed E-state index contributed by atoms with van der Waals surface area (Å²) in [7, 11) is 1.28. The number of aliphatic carboxylic acids is 1. The summed E-state index contributed by atoms with van der Waals surface area (Å²) in [5, 5.41) is 8.30. The van der Waals surface area contributed by atoms with Crippen molar-refractivity contribution >= 4 is 12.0 Å². The van der Waals surface area contributed by atoms with Gasteiger partial charge in [-0.25, -0.2) is 13.6 Å². The highest BCUT2D eigenvalue weighted by Crippen LogP contribution is 2.21. The average Bonchev–Trinajstić information content (AvgIpc) is 2.15. The van der Waals surface area contributed by atoms with Crippen LogP contribution in [-0.2, 0) is 4.79 Å². The quantitative estimate of drug-likeness (QED) is 0.783. The largest absolute Gasteiger partial charge is 0.497 e. The first-order valence-electron chi connectivity index (χ1n) is 3.98. The molecule has 5 heteroatoms. The van der Waals surface area contributed by atoms with Crippen LogP contribution in [0.5, 0.6) is 5.75 Å². The van der Waals surface area contributed by atoms with Crippen molar-refractivity contribution in [2.24, 2.45) is 0 Å². The van der Waals surface area contributed by atoms with Crippen molar-refractivity contribution in [2.75, 3.05) is 7.11 Å². The summed E-state index contributed by atoms with van der Waals surface area (Å²) in [6, 6.07) is 1.95. The van der Waals surface area contributed by atoms with E-state index < -0.39 is 23.2 Å². The number of methoxy groups -OCH3 is 1. The Labute approximate surface area is 84.6 Å². The molecule has 0 amide bonds. The molecule has 80 valence electrons. The molecule has 0 aliphatic rings. The van der Waals surface area contributed by atoms with Crippen molar-refractivity contribution < 1.29 is 23.4 Å². The van der Waals surface area contributed by atoms with Crippen LogP contribution in [0.2, 0.25) is 0 Å². The molecule has 15 heavy (non-hydrogen) atoms. The number of benzene rings is 1. The second-order valence-corrected chi connectivity index (χ2v) is 2.68. The van der Waals surface area contributed by atoms with Gasteiger partial charge in [-0.3, -0.25) is 0 Å². The van der Waals surface area contributed by atoms with Gasteiger partial charge in [0.1, 0.15) is 17.4 Å². The van der Waals surface area contributed by atoms with Crippen LogP contribution in [0.4, 0.5) is 8.78 Å². The molecule has 0 aliphatic heterocycles. The van der Waals surface area contributed by atoms with Gasteiger partial charge >= 0.3 is 5.97 Å². The van der Waals surface area contributed by atoms with Gasteiger partial charge in [-0.2, -0.15) is 0 Å². The molecule has 1 rings (SSSR count). The van der Waals surface area contributed by atoms with Crippen LogP contribution in [-0.4, -0.2) is 18.2 Å². The molecule has 0 radical (unpaired) electrons. The SMILES string of the molecule is COc1cc(F)c(/C=C/C(=O)O)c(F)c1. The van der Waals surface area contributed by atoms with E-state index in [9.17, 15) is 13.6 Å². The lowest BCUT2D eigenvalue weighted by Crippen LogP contribution is -1.93. The molecular weight excluding hydrogens is 206 g/mol. The number of carboxylic acid groups (broad SMARTS) is 1. The maximum absolute atomic E-state index is 13.2. The predicted octanol–water partition coefficient (Wildman–Crippen LogP) is 2.07. The van der Waals surface area contributed by atoms with Gasteiger partial charge in [-0.1, -0.05) is 0 Å². The van der Waals surface area contributed by atoms with Gasteiger partial charge in [0.25, 0.3) is 0 Å². The summed E-state index contributed by atoms with van der Waals surface area (Å²) in [5.74, 6) is -2.98. The molecule has 0 aliphatic carbocycles. The summed E-state index contributed by atoms with van der Waals surface area (Å²) in [4.78, 5) is 10.2. The van der Waals surface area contributed by atoms with Crippen molar-refractivity contribution in [2.45, 2.75) is 0 Å². The number of carboxylic acids is 1. The molecule has 0 saturated heterocycles. The summed E-state index contributed by atoms with van der Waals surface area (Å²) < 4.78 is 31.0. The van der Waals surface area contributed by atoms with Gasteiger partial charge in [0.15, 0.2) is 0 Å². The maximum atomic E-state index is 13.2. The highest BCUT2D eigenvalue weighted by molar-refractivity contribution is 5.85. The Kier molecular flexibility index (Phi) is 3.38. The van der Waals surface area contributed by atoms with Crippen molar-refractivity contribution in [1.82, 2.24) is 0 Å². The Morgan fingerprint density at radius 2 is 1.93 bits per heavy atom. The van der Waals surface area contributed by atoms with E-state index in [1.165, 1.54) is 7.11 Å². The number of carbonyl (C=O) groups is 1. The standard InChI is InChI=1S/C10H8F2O3/c1-15-6-4-8(11)7(9(12)5-6)2-3-10(13)14/h2-5H,1H3,(H,13,14)/b3-2+. The van der Waals surface area contributed by atoms with Crippen LogP contribution in [0.15, 0.2) is 18.2 Å². The van der Waals surface area contributed by atoms with Crippen LogP contribution < -0.4 is 4.74 Å². The first kappa shape index (κ1) is 11.2. The lowest BCUT2D eigenvalue weighted by atomic mass is 10.1. The molecule has 0 unspecified atom stereocenters. The zero-order valence-electron chi connectivity index (χ0n) is 7.83. The van der Waals surface area contributed by atoms with Gasteiger partial charge in [-0.15, -0.1) is 0 Å². The van der Waals surface area contributed by atoms with E-state index >= 15 is 0 Å². The van der Waals surface area contributed by atoms with E-state index in [-0.39, 0.29) is 5.75 Å². The Bertz CT molecular complexity index is 390. The Balaban J connectivity index is 3.14. The topological polar surface area (TPSA) is 46.5 Å². The van der Waals surface area contributed by atoms with E-state index in [0.29, 0.717) is 6.08 Å². The minimum Gasteiger partial charge on any atom is -0.497 e. The monoisotopic (exact) mass is 214 g/mol. The number of hydrogen-bond donors (Lipinski definition) is 1. The number of halogens is 2. The van der Waals surface area contributed by atoms with Gasteiger partial charge in [0, 0.05) is 23.8 Å². The summed E-state index contributed by atoms with van der Waals surface area (Å²) in [6.07, 6.45) is 1.51. The number of rotatable bonds is 3. The lowest BCUT2D eigenvalue weighted by Gasteiger charge is -2.03. The van der Waals surface area contributed by atoms with E-state index in [0.717, 1.165) is 18.2 Å². The number of hydrogen-bond acceptors (Lipinski definition) is 2. The maximum Gasteiger partial charge on any atom is 0.328 e. The second-order valence-electron chi connectivity index (χ2n) is 2.68. The Morgan fingerprint density at radius 1 is 1.40 bits per heavy atom. The molecule has 0 atom stereocenters. The van der Waals surface area contributed by atoms with Gasteiger partial charge in [0.05, 0.1) is 7.11 Å². The molecule has 0 fully saturated rings. The first-order valence-corrected chi connectivity index (χ1v) is 3.98. The molecule has 3 nitrogen and oxygen atoms in total. The van der Waals surface area contributed by atoms with Gasteiger partial charge in [-0.05, 0) is 6.08 Å². The molecule has 1 aromatic carbocycles. The minimum absolute atomic E-state index is 0.0393. The van der Waals surface area contributed by atoms with E-state index in [4.69, 9.17) is 5.11 Å². The lowest BCUT2D eigenvalue weighted by molar-refractivity contribution is -0.131. The normalized spacial score (nSPS) is 10.6. The van der Waals surface area contributed by atoms with Crippen molar-refractivity contribution in [3.05, 3.63) is 35.4 Å². The zero-order chi connectivity index (χ0) is 11.4. The molecule has 0 aromatic heterocycles. The molecule has 0 bridgehead atoms. The minimum atomic E-state index is -1.27. The van der Waals surface area contributed by atoms with E-state index in [1.54, 1.807) is 0 Å². The molecule has 0 saturated carbocycles. The molecule has 0 heterocycles. The van der Waals surface area contributed by atoms with Gasteiger partial charge < -0.3 is 9.84 Å². The van der Waals surface area contributed by atoms with Crippen LogP contribution in [0.1, 0.15) is 5.56 Å². The smallest absolute Gasteiger partial charge is 0.328 e. The van der Waals surface area contributed by atoms with Crippen LogP contribution in [0.25, 0.3) is 6.08 Å². The van der Waals surface area contributed by atoms with Crippen LogP contribution in [0.3, 0.4) is 0 Å². The van der Waals surface area contributed by atoms with Crippen LogP contribution >= 0.6 is 0 Å². The van der Waals surface area contributed by atoms with Crippen LogP contribution in [0, 0.1) is 11.6 Å². The molecule has 0 spiro atoms. The fourth-order valence-electron chi connectivity index (χ4n) is 0.993. The third-order valence-electron chi connectivity index (χ3n) is 1.68. The van der Waals surface area contributed by atoms with Crippen molar-refractivity contribution in [3.8, 4) is 5.75 Å². The fourth-order valence-corrected chi connectivity index (χ4v) is 0.993. The third-order valence-corrected chi connectivity index (χ3v) is 1.68. The predicted molar refractivity (Wildman–Crippen MR) is 49.6 cm³/mol. The Hall–Kier alpha value is -1.91. The highest BCUT2D eigenvalue weighted by atomic mass is 19.1. The third kappa shape index (κ3) is 2.77. The Morgan fingerprint density at radius 3 is 2.33 bits per heavy atom. The summed E-state index contributed by atoms with van der Waals surface area (Å²) >= 11 is 0. The van der Waals surface area contributed by atoms with E-state index in [2.05, 4.69) is 4.74 Å². The van der Waals surface area contributed by atoms with Crippen molar-refractivity contribution in [3.63, 3.8) is 0 Å². The fraction of sp³-hybridized carbons (Fsp3) is 0.100. The molecule has 1 aromatic rings. The zero-order valence-corrected chi connectivity index (χ0v) is 7.83.